The fourth-order valence-electron chi connectivity index (χ4n) is 4.68. The average Bonchev–Trinajstić information content (AvgIpc) is 3.05. The zero-order valence-electron chi connectivity index (χ0n) is 15.9. The zero-order valence-corrected chi connectivity index (χ0v) is 15.9. The number of fused-ring (bicyclic) bond motifs is 4. The Hall–Kier alpha value is -2.73. The minimum absolute atomic E-state index is 0.0212. The molecule has 144 valence electrons. The van der Waals surface area contributed by atoms with Crippen molar-refractivity contribution in [2.75, 3.05) is 25.0 Å². The minimum atomic E-state index is -0.177. The number of halogens is 1. The van der Waals surface area contributed by atoms with Crippen molar-refractivity contribution in [3.8, 4) is 0 Å². The van der Waals surface area contributed by atoms with Crippen LogP contribution in [0.25, 0.3) is 5.65 Å². The van der Waals surface area contributed by atoms with Gasteiger partial charge in [0.25, 0.3) is 5.56 Å². The summed E-state index contributed by atoms with van der Waals surface area (Å²) in [6, 6.07) is 11.0. The van der Waals surface area contributed by atoms with E-state index in [1.54, 1.807) is 16.7 Å². The molecule has 6 heteroatoms. The number of piperidine rings is 1. The fourth-order valence-corrected chi connectivity index (χ4v) is 4.68. The molecule has 1 N–H and O–H groups in total. The zero-order chi connectivity index (χ0) is 19.3. The van der Waals surface area contributed by atoms with Crippen LogP contribution in [0.4, 0.5) is 10.1 Å². The van der Waals surface area contributed by atoms with Crippen molar-refractivity contribution in [2.24, 2.45) is 0 Å². The first kappa shape index (κ1) is 17.4. The standard InChI is InChI=1S/C22H23FN4O/c1-14-16(22(28)27-9-3-2-4-21(27)24-14)7-10-26-11-8-20-18(13-26)17-12-15(23)5-6-19(17)25-20/h2-6,9,12,18,20,25H,7-8,10-11,13H2,1H3. The number of pyridine rings is 1. The van der Waals surface area contributed by atoms with Crippen molar-refractivity contribution in [1.29, 1.82) is 0 Å². The van der Waals surface area contributed by atoms with Crippen LogP contribution in [0.15, 0.2) is 47.4 Å². The smallest absolute Gasteiger partial charge is 0.261 e. The van der Waals surface area contributed by atoms with Gasteiger partial charge in [-0.1, -0.05) is 6.07 Å². The van der Waals surface area contributed by atoms with Gasteiger partial charge in [0.15, 0.2) is 0 Å². The molecule has 0 aliphatic carbocycles. The molecule has 2 aromatic heterocycles. The van der Waals surface area contributed by atoms with Gasteiger partial charge in [-0.2, -0.15) is 0 Å². The van der Waals surface area contributed by atoms with Crippen molar-refractivity contribution in [2.45, 2.75) is 31.7 Å². The number of aromatic nitrogens is 2. The minimum Gasteiger partial charge on any atom is -0.381 e. The first-order valence-electron chi connectivity index (χ1n) is 9.85. The van der Waals surface area contributed by atoms with E-state index in [0.29, 0.717) is 24.0 Å². The lowest BCUT2D eigenvalue weighted by Gasteiger charge is -2.35. The fraction of sp³-hybridized carbons (Fsp3) is 0.364. The molecule has 4 heterocycles. The van der Waals surface area contributed by atoms with Crippen molar-refractivity contribution in [3.63, 3.8) is 0 Å². The Morgan fingerprint density at radius 1 is 1.29 bits per heavy atom. The van der Waals surface area contributed by atoms with E-state index < -0.39 is 0 Å². The first-order valence-corrected chi connectivity index (χ1v) is 9.85. The molecular weight excluding hydrogens is 355 g/mol. The highest BCUT2D eigenvalue weighted by atomic mass is 19.1. The van der Waals surface area contributed by atoms with Gasteiger partial charge >= 0.3 is 0 Å². The molecule has 2 aliphatic rings. The number of rotatable bonds is 3. The predicted octanol–water partition coefficient (Wildman–Crippen LogP) is 2.97. The Balaban J connectivity index is 1.34. The number of likely N-dealkylation sites (tertiary alicyclic amines) is 1. The number of hydrogen-bond acceptors (Lipinski definition) is 4. The van der Waals surface area contributed by atoms with Gasteiger partial charge < -0.3 is 10.2 Å². The van der Waals surface area contributed by atoms with Gasteiger partial charge in [-0.25, -0.2) is 9.37 Å². The number of aryl methyl sites for hydroxylation is 1. The second-order valence-electron chi connectivity index (χ2n) is 7.84. The van der Waals surface area contributed by atoms with Crippen molar-refractivity contribution in [3.05, 3.63) is 75.6 Å². The van der Waals surface area contributed by atoms with Gasteiger partial charge in [0.2, 0.25) is 0 Å². The molecule has 1 fully saturated rings. The summed E-state index contributed by atoms with van der Waals surface area (Å²) in [7, 11) is 0. The summed E-state index contributed by atoms with van der Waals surface area (Å²) in [6.07, 6.45) is 3.47. The van der Waals surface area contributed by atoms with E-state index in [1.807, 2.05) is 31.2 Å². The summed E-state index contributed by atoms with van der Waals surface area (Å²) in [5.41, 5.74) is 4.44. The maximum atomic E-state index is 13.7. The summed E-state index contributed by atoms with van der Waals surface area (Å²) in [5, 5.41) is 3.54. The van der Waals surface area contributed by atoms with Crippen LogP contribution in [0.2, 0.25) is 0 Å². The quantitative estimate of drug-likeness (QED) is 0.761. The third kappa shape index (κ3) is 2.88. The second-order valence-corrected chi connectivity index (χ2v) is 7.84. The number of hydrogen-bond donors (Lipinski definition) is 1. The summed E-state index contributed by atoms with van der Waals surface area (Å²) in [6.45, 7) is 4.59. The third-order valence-electron chi connectivity index (χ3n) is 6.16. The molecule has 0 radical (unpaired) electrons. The molecule has 0 amide bonds. The lowest BCUT2D eigenvalue weighted by Crippen LogP contribution is -2.43. The summed E-state index contributed by atoms with van der Waals surface area (Å²) in [5.74, 6) is 0.126. The van der Waals surface area contributed by atoms with Gasteiger partial charge in [-0.3, -0.25) is 9.20 Å². The van der Waals surface area contributed by atoms with E-state index in [2.05, 4.69) is 15.2 Å². The van der Waals surface area contributed by atoms with E-state index in [0.717, 1.165) is 48.6 Å². The molecular formula is C22H23FN4O. The molecule has 2 atom stereocenters. The monoisotopic (exact) mass is 378 g/mol. The maximum absolute atomic E-state index is 13.7. The summed E-state index contributed by atoms with van der Waals surface area (Å²) < 4.78 is 15.3. The van der Waals surface area contributed by atoms with E-state index in [-0.39, 0.29) is 11.4 Å². The SMILES string of the molecule is Cc1nc2ccccn2c(=O)c1CCN1CCC2Nc3ccc(F)cc3C2C1. The van der Waals surface area contributed by atoms with Crippen molar-refractivity contribution < 1.29 is 4.39 Å². The van der Waals surface area contributed by atoms with E-state index in [9.17, 15) is 9.18 Å². The maximum Gasteiger partial charge on any atom is 0.261 e. The summed E-state index contributed by atoms with van der Waals surface area (Å²) >= 11 is 0. The second kappa shape index (κ2) is 6.71. The largest absolute Gasteiger partial charge is 0.381 e. The van der Waals surface area contributed by atoms with Crippen molar-refractivity contribution in [1.82, 2.24) is 14.3 Å². The molecule has 1 aromatic carbocycles. The molecule has 3 aromatic rings. The molecule has 0 bridgehead atoms. The Labute approximate surface area is 162 Å². The van der Waals surface area contributed by atoms with E-state index in [4.69, 9.17) is 0 Å². The molecule has 5 rings (SSSR count). The van der Waals surface area contributed by atoms with Crippen LogP contribution >= 0.6 is 0 Å². The molecule has 2 aliphatic heterocycles. The predicted molar refractivity (Wildman–Crippen MR) is 108 cm³/mol. The average molecular weight is 378 g/mol. The summed E-state index contributed by atoms with van der Waals surface area (Å²) in [4.78, 5) is 19.8. The van der Waals surface area contributed by atoms with Gasteiger partial charge in [0.05, 0.1) is 0 Å². The lowest BCUT2D eigenvalue weighted by atomic mass is 9.89. The number of nitrogens with zero attached hydrogens (tertiary/aromatic N) is 3. The van der Waals surface area contributed by atoms with Crippen molar-refractivity contribution >= 4 is 11.3 Å². The van der Waals surface area contributed by atoms with Crippen LogP contribution < -0.4 is 10.9 Å². The van der Waals surface area contributed by atoms with Crippen LogP contribution in [-0.2, 0) is 6.42 Å². The van der Waals surface area contributed by atoms with Crippen LogP contribution in [-0.4, -0.2) is 40.0 Å². The molecule has 1 saturated heterocycles. The molecule has 2 unspecified atom stereocenters. The molecule has 28 heavy (non-hydrogen) atoms. The van der Waals surface area contributed by atoms with E-state index in [1.165, 1.54) is 6.07 Å². The lowest BCUT2D eigenvalue weighted by molar-refractivity contribution is 0.204. The number of anilines is 1. The molecule has 5 nitrogen and oxygen atoms in total. The Kier molecular flexibility index (Phi) is 4.16. The van der Waals surface area contributed by atoms with E-state index >= 15 is 0 Å². The normalized spacial score (nSPS) is 21.4. The topological polar surface area (TPSA) is 49.6 Å². The van der Waals surface area contributed by atoms with Crippen LogP contribution in [0.1, 0.15) is 29.2 Å². The third-order valence-corrected chi connectivity index (χ3v) is 6.16. The highest BCUT2D eigenvalue weighted by Gasteiger charge is 2.36. The van der Waals surface area contributed by atoms with Crippen LogP contribution in [0, 0.1) is 12.7 Å². The molecule has 0 saturated carbocycles. The Morgan fingerprint density at radius 3 is 3.07 bits per heavy atom. The Morgan fingerprint density at radius 2 is 2.18 bits per heavy atom. The van der Waals surface area contributed by atoms with Gasteiger partial charge in [-0.15, -0.1) is 0 Å². The number of benzene rings is 1. The van der Waals surface area contributed by atoms with Crippen LogP contribution in [0.3, 0.4) is 0 Å². The highest BCUT2D eigenvalue weighted by Crippen LogP contribution is 2.40. The number of nitrogens with one attached hydrogen (secondary N) is 1. The molecule has 0 spiro atoms. The highest BCUT2D eigenvalue weighted by molar-refractivity contribution is 5.60. The van der Waals surface area contributed by atoms with Gasteiger partial charge in [-0.05, 0) is 55.7 Å². The van der Waals surface area contributed by atoms with Crippen LogP contribution in [0.5, 0.6) is 0 Å². The first-order chi connectivity index (χ1) is 13.6. The Bertz CT molecular complexity index is 1110. The van der Waals surface area contributed by atoms with Gasteiger partial charge in [0, 0.05) is 54.7 Å². The van der Waals surface area contributed by atoms with Gasteiger partial charge in [0.1, 0.15) is 11.5 Å².